The first kappa shape index (κ1) is 20.2. The minimum atomic E-state index is -1.48. The lowest BCUT2D eigenvalue weighted by Gasteiger charge is -2.39. The van der Waals surface area contributed by atoms with E-state index in [1.165, 1.54) is 0 Å². The van der Waals surface area contributed by atoms with Crippen LogP contribution in [0.25, 0.3) is 0 Å². The molecular formula is C14H28N2O7. The Morgan fingerprint density at radius 1 is 1.13 bits per heavy atom. The summed E-state index contributed by atoms with van der Waals surface area (Å²) in [4.78, 5) is 11.4. The molecule has 136 valence electrons. The molecule has 1 aliphatic rings. The Morgan fingerprint density at radius 2 is 1.83 bits per heavy atom. The topological polar surface area (TPSA) is 168 Å². The molecule has 1 heterocycles. The van der Waals surface area contributed by atoms with Crippen LogP contribution in [0, 0.1) is 5.92 Å². The van der Waals surface area contributed by atoms with Crippen molar-refractivity contribution in [2.24, 2.45) is 17.4 Å². The SMILES string of the molecule is NCCCCC(CCO[C@H]1O[C@H](CO)[C@@H](O)[C@H](O)[C@@H]1O)C(N)=O. The second kappa shape index (κ2) is 10.1. The molecule has 9 nitrogen and oxygen atoms in total. The normalized spacial score (nSPS) is 32.7. The van der Waals surface area contributed by atoms with Crippen LogP contribution in [0.15, 0.2) is 0 Å². The maximum atomic E-state index is 11.4. The summed E-state index contributed by atoms with van der Waals surface area (Å²) < 4.78 is 10.6. The molecule has 8 N–H and O–H groups in total. The quantitative estimate of drug-likeness (QED) is 0.236. The molecule has 1 rings (SSSR count). The van der Waals surface area contributed by atoms with E-state index in [4.69, 9.17) is 26.0 Å². The van der Waals surface area contributed by atoms with Gasteiger partial charge in [-0.15, -0.1) is 0 Å². The van der Waals surface area contributed by atoms with E-state index in [0.717, 1.165) is 12.8 Å². The molecule has 9 heteroatoms. The van der Waals surface area contributed by atoms with Crippen LogP contribution in [-0.4, -0.2) is 76.8 Å². The standard InChI is InChI=1S/C14H28N2O7/c15-5-2-1-3-8(13(16)21)4-6-22-14-12(20)11(19)10(18)9(7-17)23-14/h8-12,14,17-20H,1-7,15H2,(H2,16,21)/t8?,9-,10-,11+,12+,14+/m1/s1. The first-order chi connectivity index (χ1) is 10.9. The van der Waals surface area contributed by atoms with Crippen LogP contribution in [0.4, 0.5) is 0 Å². The van der Waals surface area contributed by atoms with Gasteiger partial charge in [-0.1, -0.05) is 6.42 Å². The van der Waals surface area contributed by atoms with Crippen LogP contribution in [-0.2, 0) is 14.3 Å². The molecular weight excluding hydrogens is 308 g/mol. The van der Waals surface area contributed by atoms with Gasteiger partial charge in [0.15, 0.2) is 6.29 Å². The number of rotatable bonds is 10. The van der Waals surface area contributed by atoms with Gasteiger partial charge >= 0.3 is 0 Å². The van der Waals surface area contributed by atoms with Crippen molar-refractivity contribution >= 4 is 5.91 Å². The van der Waals surface area contributed by atoms with E-state index in [1.807, 2.05) is 0 Å². The lowest BCUT2D eigenvalue weighted by molar-refractivity contribution is -0.301. The Balaban J connectivity index is 2.44. The summed E-state index contributed by atoms with van der Waals surface area (Å²) in [7, 11) is 0. The molecule has 0 bridgehead atoms. The third-order valence-electron chi connectivity index (χ3n) is 4.01. The van der Waals surface area contributed by atoms with E-state index in [0.29, 0.717) is 19.4 Å². The van der Waals surface area contributed by atoms with Gasteiger partial charge in [0, 0.05) is 5.92 Å². The van der Waals surface area contributed by atoms with E-state index < -0.39 is 43.2 Å². The van der Waals surface area contributed by atoms with Gasteiger partial charge in [-0.3, -0.25) is 4.79 Å². The van der Waals surface area contributed by atoms with Gasteiger partial charge in [0.25, 0.3) is 0 Å². The summed E-state index contributed by atoms with van der Waals surface area (Å²) >= 11 is 0. The smallest absolute Gasteiger partial charge is 0.220 e. The minimum Gasteiger partial charge on any atom is -0.394 e. The molecule has 0 aromatic rings. The Bertz CT molecular complexity index is 356. The Labute approximate surface area is 135 Å². The lowest BCUT2D eigenvalue weighted by atomic mass is 9.97. The number of carbonyl (C=O) groups excluding carboxylic acids is 1. The third-order valence-corrected chi connectivity index (χ3v) is 4.01. The van der Waals surface area contributed by atoms with Gasteiger partial charge in [-0.2, -0.15) is 0 Å². The van der Waals surface area contributed by atoms with Crippen LogP contribution in [0.2, 0.25) is 0 Å². The van der Waals surface area contributed by atoms with E-state index >= 15 is 0 Å². The predicted octanol–water partition coefficient (Wildman–Crippen LogP) is -2.58. The fraction of sp³-hybridized carbons (Fsp3) is 0.929. The van der Waals surface area contributed by atoms with Crippen LogP contribution in [0.5, 0.6) is 0 Å². The number of carbonyl (C=O) groups is 1. The van der Waals surface area contributed by atoms with Gasteiger partial charge in [-0.05, 0) is 25.8 Å². The molecule has 1 saturated heterocycles. The summed E-state index contributed by atoms with van der Waals surface area (Å²) in [5.41, 5.74) is 10.7. The van der Waals surface area contributed by atoms with E-state index in [2.05, 4.69) is 0 Å². The number of amides is 1. The highest BCUT2D eigenvalue weighted by atomic mass is 16.7. The number of primary amides is 1. The molecule has 0 saturated carbocycles. The van der Waals surface area contributed by atoms with Gasteiger partial charge in [-0.25, -0.2) is 0 Å². The number of unbranched alkanes of at least 4 members (excludes halogenated alkanes) is 1. The number of hydrogen-bond donors (Lipinski definition) is 6. The third kappa shape index (κ3) is 5.96. The Hall–Kier alpha value is -0.810. The Kier molecular flexibility index (Phi) is 8.92. The molecule has 0 aliphatic carbocycles. The fourth-order valence-corrected chi connectivity index (χ4v) is 2.50. The summed E-state index contributed by atoms with van der Waals surface area (Å²) in [5.74, 6) is -0.800. The summed E-state index contributed by atoms with van der Waals surface area (Å²) in [6.45, 7) is 0.111. The van der Waals surface area contributed by atoms with Crippen molar-refractivity contribution in [3.63, 3.8) is 0 Å². The lowest BCUT2D eigenvalue weighted by Crippen LogP contribution is -2.59. The van der Waals surface area contributed by atoms with Crippen molar-refractivity contribution in [2.45, 2.75) is 56.4 Å². The van der Waals surface area contributed by atoms with Gasteiger partial charge in [0.05, 0.1) is 13.2 Å². The molecule has 1 amide bonds. The van der Waals surface area contributed by atoms with Crippen molar-refractivity contribution in [3.8, 4) is 0 Å². The van der Waals surface area contributed by atoms with E-state index in [1.54, 1.807) is 0 Å². The number of nitrogens with two attached hydrogens (primary N) is 2. The first-order valence-electron chi connectivity index (χ1n) is 7.83. The zero-order valence-electron chi connectivity index (χ0n) is 13.1. The van der Waals surface area contributed by atoms with Crippen molar-refractivity contribution < 1.29 is 34.7 Å². The van der Waals surface area contributed by atoms with Gasteiger partial charge in [0.2, 0.25) is 5.91 Å². The highest BCUT2D eigenvalue weighted by molar-refractivity contribution is 5.76. The number of hydrogen-bond acceptors (Lipinski definition) is 8. The zero-order chi connectivity index (χ0) is 17.4. The molecule has 23 heavy (non-hydrogen) atoms. The van der Waals surface area contributed by atoms with E-state index in [9.17, 15) is 20.1 Å². The first-order valence-corrected chi connectivity index (χ1v) is 7.83. The highest BCUT2D eigenvalue weighted by Crippen LogP contribution is 2.22. The average Bonchev–Trinajstić information content (AvgIpc) is 2.53. The van der Waals surface area contributed by atoms with Crippen molar-refractivity contribution in [1.29, 1.82) is 0 Å². The summed E-state index contributed by atoms with van der Waals surface area (Å²) in [6, 6.07) is 0. The molecule has 0 spiro atoms. The molecule has 0 aromatic carbocycles. The van der Waals surface area contributed by atoms with Gasteiger partial charge in [0.1, 0.15) is 24.4 Å². The van der Waals surface area contributed by atoms with Crippen LogP contribution in [0.3, 0.4) is 0 Å². The van der Waals surface area contributed by atoms with Gasteiger partial charge < -0.3 is 41.4 Å². The Morgan fingerprint density at radius 3 is 2.39 bits per heavy atom. The largest absolute Gasteiger partial charge is 0.394 e. The molecule has 0 aromatic heterocycles. The molecule has 0 radical (unpaired) electrons. The predicted molar refractivity (Wildman–Crippen MR) is 79.9 cm³/mol. The number of aliphatic hydroxyl groups is 4. The fourth-order valence-electron chi connectivity index (χ4n) is 2.50. The monoisotopic (exact) mass is 336 g/mol. The number of ether oxygens (including phenoxy) is 2. The van der Waals surface area contributed by atoms with Crippen molar-refractivity contribution in [3.05, 3.63) is 0 Å². The zero-order valence-corrected chi connectivity index (χ0v) is 13.1. The van der Waals surface area contributed by atoms with Crippen LogP contribution in [0.1, 0.15) is 25.7 Å². The molecule has 1 fully saturated rings. The van der Waals surface area contributed by atoms with E-state index in [-0.39, 0.29) is 12.5 Å². The molecule has 6 atom stereocenters. The maximum Gasteiger partial charge on any atom is 0.220 e. The average molecular weight is 336 g/mol. The van der Waals surface area contributed by atoms with Crippen molar-refractivity contribution in [2.75, 3.05) is 19.8 Å². The molecule has 1 aliphatic heterocycles. The van der Waals surface area contributed by atoms with Crippen LogP contribution >= 0.6 is 0 Å². The summed E-state index contributed by atoms with van der Waals surface area (Å²) in [6.07, 6.45) is -4.04. The maximum absolute atomic E-state index is 11.4. The second-order valence-corrected chi connectivity index (χ2v) is 5.74. The van der Waals surface area contributed by atoms with Crippen LogP contribution < -0.4 is 11.5 Å². The number of aliphatic hydroxyl groups excluding tert-OH is 4. The summed E-state index contributed by atoms with van der Waals surface area (Å²) in [5, 5.41) is 38.2. The molecule has 1 unspecified atom stereocenters. The minimum absolute atomic E-state index is 0.0823. The second-order valence-electron chi connectivity index (χ2n) is 5.74. The van der Waals surface area contributed by atoms with Crippen molar-refractivity contribution in [1.82, 2.24) is 0 Å². The highest BCUT2D eigenvalue weighted by Gasteiger charge is 2.43.